The van der Waals surface area contributed by atoms with Crippen molar-refractivity contribution in [2.75, 3.05) is 0 Å². The first-order chi connectivity index (χ1) is 9.56. The van der Waals surface area contributed by atoms with Crippen LogP contribution in [0.5, 0.6) is 5.75 Å². The molecule has 0 saturated carbocycles. The lowest BCUT2D eigenvalue weighted by atomic mass is 10.0. The van der Waals surface area contributed by atoms with Gasteiger partial charge in [-0.15, -0.1) is 0 Å². The van der Waals surface area contributed by atoms with Gasteiger partial charge in [0.25, 0.3) is 0 Å². The first-order valence-corrected chi connectivity index (χ1v) is 6.74. The van der Waals surface area contributed by atoms with Gasteiger partial charge < -0.3 is 4.74 Å². The summed E-state index contributed by atoms with van der Waals surface area (Å²) >= 11 is 5.85. The number of rotatable bonds is 1. The third-order valence-corrected chi connectivity index (χ3v) is 3.65. The molecule has 20 heavy (non-hydrogen) atoms. The van der Waals surface area contributed by atoms with E-state index < -0.39 is 0 Å². The number of ether oxygens (including phenoxy) is 1. The fraction of sp³-hybridized carbons (Fsp3) is 0.118. The van der Waals surface area contributed by atoms with Gasteiger partial charge in [-0.05, 0) is 48.7 Å². The molecule has 0 fully saturated rings. The van der Waals surface area contributed by atoms with Gasteiger partial charge in [0.1, 0.15) is 5.75 Å². The zero-order valence-electron chi connectivity index (χ0n) is 11.2. The number of halogens is 1. The van der Waals surface area contributed by atoms with Crippen molar-refractivity contribution < 1.29 is 9.53 Å². The van der Waals surface area contributed by atoms with E-state index in [0.29, 0.717) is 22.1 Å². The fourth-order valence-corrected chi connectivity index (χ4v) is 2.41. The SMILES string of the molecule is Cc1ccc(C)c2c1O/C(=C\c1ccc(Cl)cc1)C2=O. The van der Waals surface area contributed by atoms with Gasteiger partial charge >= 0.3 is 0 Å². The average Bonchev–Trinajstić information content (AvgIpc) is 2.76. The zero-order chi connectivity index (χ0) is 14.3. The second-order valence-corrected chi connectivity index (χ2v) is 5.33. The number of Topliss-reactive ketones (excluding diaryl/α,β-unsaturated/α-hetero) is 1. The highest BCUT2D eigenvalue weighted by molar-refractivity contribution is 6.30. The van der Waals surface area contributed by atoms with Crippen LogP contribution in [0.1, 0.15) is 27.0 Å². The molecule has 2 aromatic rings. The molecule has 0 N–H and O–H groups in total. The van der Waals surface area contributed by atoms with Crippen molar-refractivity contribution in [1.82, 2.24) is 0 Å². The summed E-state index contributed by atoms with van der Waals surface area (Å²) in [5.41, 5.74) is 3.47. The number of carbonyl (C=O) groups is 1. The Morgan fingerprint density at radius 1 is 1.00 bits per heavy atom. The van der Waals surface area contributed by atoms with E-state index in [2.05, 4.69) is 0 Å². The van der Waals surface area contributed by atoms with Gasteiger partial charge in [0.15, 0.2) is 5.76 Å². The molecule has 0 spiro atoms. The number of hydrogen-bond donors (Lipinski definition) is 0. The highest BCUT2D eigenvalue weighted by atomic mass is 35.5. The van der Waals surface area contributed by atoms with Crippen LogP contribution in [0, 0.1) is 13.8 Å². The summed E-state index contributed by atoms with van der Waals surface area (Å²) in [5.74, 6) is 0.978. The van der Waals surface area contributed by atoms with Crippen LogP contribution in [0.4, 0.5) is 0 Å². The predicted molar refractivity (Wildman–Crippen MR) is 80.3 cm³/mol. The largest absolute Gasteiger partial charge is 0.452 e. The van der Waals surface area contributed by atoms with Crippen LogP contribution >= 0.6 is 11.6 Å². The Hall–Kier alpha value is -2.06. The molecular weight excluding hydrogens is 272 g/mol. The van der Waals surface area contributed by atoms with Crippen molar-refractivity contribution in [3.05, 3.63) is 69.4 Å². The van der Waals surface area contributed by atoms with Crippen LogP contribution in [-0.2, 0) is 0 Å². The summed E-state index contributed by atoms with van der Waals surface area (Å²) in [7, 11) is 0. The Morgan fingerprint density at radius 2 is 1.65 bits per heavy atom. The van der Waals surface area contributed by atoms with Crippen molar-refractivity contribution in [1.29, 1.82) is 0 Å². The van der Waals surface area contributed by atoms with Crippen LogP contribution < -0.4 is 4.74 Å². The molecule has 0 saturated heterocycles. The van der Waals surface area contributed by atoms with Crippen molar-refractivity contribution in [2.45, 2.75) is 13.8 Å². The third-order valence-electron chi connectivity index (χ3n) is 3.39. The van der Waals surface area contributed by atoms with Gasteiger partial charge in [-0.3, -0.25) is 4.79 Å². The van der Waals surface area contributed by atoms with Gasteiger partial charge in [-0.1, -0.05) is 35.9 Å². The zero-order valence-corrected chi connectivity index (χ0v) is 12.0. The summed E-state index contributed by atoms with van der Waals surface area (Å²) in [4.78, 5) is 12.4. The maximum absolute atomic E-state index is 12.4. The minimum absolute atomic E-state index is 0.0591. The fourth-order valence-electron chi connectivity index (χ4n) is 2.28. The van der Waals surface area contributed by atoms with Crippen molar-refractivity contribution in [2.24, 2.45) is 0 Å². The maximum atomic E-state index is 12.4. The maximum Gasteiger partial charge on any atom is 0.232 e. The van der Waals surface area contributed by atoms with Gasteiger partial charge in [0.2, 0.25) is 5.78 Å². The predicted octanol–water partition coefficient (Wildman–Crippen LogP) is 4.57. The van der Waals surface area contributed by atoms with E-state index >= 15 is 0 Å². The normalized spacial score (nSPS) is 15.3. The standard InChI is InChI=1S/C17H13ClO2/c1-10-3-4-11(2)17-15(10)16(19)14(20-17)9-12-5-7-13(18)8-6-12/h3-9H,1-2H3/b14-9-. The van der Waals surface area contributed by atoms with Crippen LogP contribution in [0.2, 0.25) is 5.02 Å². The molecule has 1 aliphatic rings. The molecule has 3 heteroatoms. The number of carbonyl (C=O) groups excluding carboxylic acids is 1. The van der Waals surface area contributed by atoms with E-state index in [-0.39, 0.29) is 5.78 Å². The second kappa shape index (κ2) is 4.80. The third kappa shape index (κ3) is 2.12. The number of aryl methyl sites for hydroxylation is 2. The summed E-state index contributed by atoms with van der Waals surface area (Å²) in [6.45, 7) is 3.86. The van der Waals surface area contributed by atoms with Crippen molar-refractivity contribution in [3.8, 4) is 5.75 Å². The molecule has 0 radical (unpaired) electrons. The molecule has 0 unspecified atom stereocenters. The number of hydrogen-bond acceptors (Lipinski definition) is 2. The molecular formula is C17H13ClO2. The lowest BCUT2D eigenvalue weighted by Gasteiger charge is -2.03. The first kappa shape index (κ1) is 12.9. The van der Waals surface area contributed by atoms with Crippen molar-refractivity contribution in [3.63, 3.8) is 0 Å². The molecule has 0 bridgehead atoms. The summed E-state index contributed by atoms with van der Waals surface area (Å²) in [6.07, 6.45) is 1.75. The lowest BCUT2D eigenvalue weighted by molar-refractivity contribution is 0.101. The van der Waals surface area contributed by atoms with Crippen LogP contribution in [0.3, 0.4) is 0 Å². The summed E-state index contributed by atoms with van der Waals surface area (Å²) < 4.78 is 5.74. The molecule has 0 atom stereocenters. The molecule has 0 amide bonds. The summed E-state index contributed by atoms with van der Waals surface area (Å²) in [5, 5.41) is 0.667. The Morgan fingerprint density at radius 3 is 2.30 bits per heavy atom. The van der Waals surface area contributed by atoms with Crippen LogP contribution in [-0.4, -0.2) is 5.78 Å². The van der Waals surface area contributed by atoms with Crippen LogP contribution in [0.15, 0.2) is 42.2 Å². The van der Waals surface area contributed by atoms with E-state index in [0.717, 1.165) is 16.7 Å². The molecule has 2 aromatic carbocycles. The number of benzene rings is 2. The summed E-state index contributed by atoms with van der Waals surface area (Å²) in [6, 6.07) is 11.2. The van der Waals surface area contributed by atoms with E-state index in [1.807, 2.05) is 38.1 Å². The Balaban J connectivity index is 2.04. The molecule has 100 valence electrons. The van der Waals surface area contributed by atoms with Crippen LogP contribution in [0.25, 0.3) is 6.08 Å². The van der Waals surface area contributed by atoms with Gasteiger partial charge in [0, 0.05) is 5.02 Å². The highest BCUT2D eigenvalue weighted by Gasteiger charge is 2.30. The topological polar surface area (TPSA) is 26.3 Å². The van der Waals surface area contributed by atoms with Gasteiger partial charge in [-0.25, -0.2) is 0 Å². The molecule has 0 aromatic heterocycles. The number of ketones is 1. The van der Waals surface area contributed by atoms with Gasteiger partial charge in [0.05, 0.1) is 5.56 Å². The van der Waals surface area contributed by atoms with E-state index in [1.54, 1.807) is 18.2 Å². The number of fused-ring (bicyclic) bond motifs is 1. The second-order valence-electron chi connectivity index (χ2n) is 4.89. The Labute approximate surface area is 122 Å². The van der Waals surface area contributed by atoms with E-state index in [4.69, 9.17) is 16.3 Å². The average molecular weight is 285 g/mol. The van der Waals surface area contributed by atoms with Gasteiger partial charge in [-0.2, -0.15) is 0 Å². The van der Waals surface area contributed by atoms with E-state index in [9.17, 15) is 4.79 Å². The molecule has 0 aliphatic carbocycles. The monoisotopic (exact) mass is 284 g/mol. The minimum atomic E-state index is -0.0591. The first-order valence-electron chi connectivity index (χ1n) is 6.36. The quantitative estimate of drug-likeness (QED) is 0.717. The smallest absolute Gasteiger partial charge is 0.232 e. The molecule has 3 rings (SSSR count). The Kier molecular flexibility index (Phi) is 3.11. The molecule has 2 nitrogen and oxygen atoms in total. The minimum Gasteiger partial charge on any atom is -0.452 e. The number of allylic oxidation sites excluding steroid dienone is 1. The molecule has 1 aliphatic heterocycles. The lowest BCUT2D eigenvalue weighted by Crippen LogP contribution is -1.99. The highest BCUT2D eigenvalue weighted by Crippen LogP contribution is 2.36. The van der Waals surface area contributed by atoms with E-state index in [1.165, 1.54) is 0 Å². The van der Waals surface area contributed by atoms with Crippen molar-refractivity contribution >= 4 is 23.5 Å². The Bertz CT molecular complexity index is 727. The molecule has 1 heterocycles.